The minimum atomic E-state index is 0.693. The lowest BCUT2D eigenvalue weighted by Gasteiger charge is -2.29. The highest BCUT2D eigenvalue weighted by atomic mass is 15.0. The number of fused-ring (bicyclic) bond motifs is 5. The van der Waals surface area contributed by atoms with Crippen LogP contribution in [0.3, 0.4) is 0 Å². The average molecular weight is 372 g/mol. The van der Waals surface area contributed by atoms with Crippen LogP contribution in [0.1, 0.15) is 59.5 Å². The molecule has 1 fully saturated rings. The lowest BCUT2D eigenvalue weighted by molar-refractivity contribution is 0.428. The van der Waals surface area contributed by atoms with E-state index in [4.69, 9.17) is 0 Å². The van der Waals surface area contributed by atoms with Crippen molar-refractivity contribution in [3.63, 3.8) is 0 Å². The van der Waals surface area contributed by atoms with Gasteiger partial charge in [-0.05, 0) is 67.0 Å². The van der Waals surface area contributed by atoms with Crippen LogP contribution in [0.2, 0.25) is 0 Å². The summed E-state index contributed by atoms with van der Waals surface area (Å²) in [5.74, 6) is 0.710. The molecule has 3 heteroatoms. The van der Waals surface area contributed by atoms with E-state index in [1.807, 2.05) is 0 Å². The number of aryl methyl sites for hydroxylation is 3. The molecule has 6 rings (SSSR count). The van der Waals surface area contributed by atoms with Crippen molar-refractivity contribution in [3.05, 3.63) is 64.6 Å². The number of nitrogens with one attached hydrogen (secondary N) is 1. The Labute approximate surface area is 167 Å². The van der Waals surface area contributed by atoms with Gasteiger partial charge in [-0.15, -0.1) is 0 Å². The number of aromatic nitrogens is 2. The smallest absolute Gasteiger partial charge is 0.0522 e. The molecule has 2 aromatic heterocycles. The molecular weight excluding hydrogens is 342 g/mol. The molecule has 1 saturated carbocycles. The van der Waals surface area contributed by atoms with Crippen LogP contribution in [-0.2, 0) is 26.6 Å². The van der Waals surface area contributed by atoms with E-state index >= 15 is 0 Å². The first-order valence-electron chi connectivity index (χ1n) is 10.9. The summed E-state index contributed by atoms with van der Waals surface area (Å²) in [4.78, 5) is 0. The van der Waals surface area contributed by atoms with Crippen molar-refractivity contribution in [1.82, 2.24) is 14.5 Å². The third kappa shape index (κ3) is 2.39. The maximum absolute atomic E-state index is 3.87. The van der Waals surface area contributed by atoms with Crippen molar-refractivity contribution in [2.24, 2.45) is 7.05 Å². The maximum Gasteiger partial charge on any atom is 0.0522 e. The minimum Gasteiger partial charge on any atom is -0.357 e. The van der Waals surface area contributed by atoms with Crippen LogP contribution >= 0.6 is 0 Å². The van der Waals surface area contributed by atoms with Crippen LogP contribution in [-0.4, -0.2) is 15.2 Å². The Kier molecular flexibility index (Phi) is 3.64. The van der Waals surface area contributed by atoms with Crippen LogP contribution in [0.15, 0.2) is 36.7 Å². The van der Waals surface area contributed by atoms with E-state index in [-0.39, 0.29) is 0 Å². The SMILES string of the molecule is Cc1cc2c3c(c1)c1c(n3CC/C=C(/c3ccn(C)c3)C2)C2CCCC2NC1. The monoisotopic (exact) mass is 371 g/mol. The predicted octanol–water partition coefficient (Wildman–Crippen LogP) is 5.06. The van der Waals surface area contributed by atoms with Crippen LogP contribution in [0.25, 0.3) is 16.5 Å². The van der Waals surface area contributed by atoms with Crippen LogP contribution < -0.4 is 5.32 Å². The average Bonchev–Trinajstić information content (AvgIpc) is 3.36. The summed E-state index contributed by atoms with van der Waals surface area (Å²) in [6.45, 7) is 4.42. The van der Waals surface area contributed by atoms with Crippen molar-refractivity contribution >= 4 is 16.5 Å². The topological polar surface area (TPSA) is 21.9 Å². The Balaban J connectivity index is 1.56. The van der Waals surface area contributed by atoms with Gasteiger partial charge in [-0.25, -0.2) is 0 Å². The first-order valence-corrected chi connectivity index (χ1v) is 10.9. The van der Waals surface area contributed by atoms with Gasteiger partial charge < -0.3 is 14.5 Å². The fourth-order valence-electron chi connectivity index (χ4n) is 6.12. The Hall–Kier alpha value is -2.26. The molecule has 2 aliphatic heterocycles. The van der Waals surface area contributed by atoms with Crippen molar-refractivity contribution in [2.75, 3.05) is 0 Å². The highest BCUT2D eigenvalue weighted by molar-refractivity contribution is 5.91. The largest absolute Gasteiger partial charge is 0.357 e. The number of hydrogen-bond donors (Lipinski definition) is 1. The quantitative estimate of drug-likeness (QED) is 0.635. The Morgan fingerprint density at radius 2 is 2.11 bits per heavy atom. The lowest BCUT2D eigenvalue weighted by Crippen LogP contribution is -2.36. The van der Waals surface area contributed by atoms with E-state index in [9.17, 15) is 0 Å². The second-order valence-electron chi connectivity index (χ2n) is 9.12. The summed E-state index contributed by atoms with van der Waals surface area (Å²) in [6, 6.07) is 7.83. The summed E-state index contributed by atoms with van der Waals surface area (Å²) >= 11 is 0. The van der Waals surface area contributed by atoms with E-state index in [2.05, 4.69) is 65.1 Å². The standard InChI is InChI=1S/C25H29N3/c1-16-11-19-13-17(18-8-10-27(2)15-18)5-4-9-28-24(19)21(12-16)22-14-26-23-7-3-6-20(23)25(22)28/h5,8,10-12,15,20,23,26H,3-4,6-7,9,13-14H2,1-2H3/b17-5+. The van der Waals surface area contributed by atoms with Gasteiger partial charge in [0, 0.05) is 55.6 Å². The molecule has 3 aromatic rings. The second-order valence-corrected chi connectivity index (χ2v) is 9.12. The number of hydrogen-bond acceptors (Lipinski definition) is 1. The van der Waals surface area contributed by atoms with Crippen molar-refractivity contribution in [3.8, 4) is 0 Å². The molecule has 2 unspecified atom stereocenters. The Morgan fingerprint density at radius 3 is 2.96 bits per heavy atom. The summed E-state index contributed by atoms with van der Waals surface area (Å²) in [7, 11) is 2.11. The number of benzene rings is 1. The van der Waals surface area contributed by atoms with Gasteiger partial charge in [-0.1, -0.05) is 24.1 Å². The van der Waals surface area contributed by atoms with Gasteiger partial charge in [0.25, 0.3) is 0 Å². The normalized spacial score (nSPS) is 25.7. The van der Waals surface area contributed by atoms with E-state index in [1.165, 1.54) is 52.4 Å². The van der Waals surface area contributed by atoms with Crippen molar-refractivity contribution < 1.29 is 0 Å². The number of rotatable bonds is 1. The predicted molar refractivity (Wildman–Crippen MR) is 116 cm³/mol. The fraction of sp³-hybridized carbons (Fsp3) is 0.440. The molecule has 0 bridgehead atoms. The highest BCUT2D eigenvalue weighted by Crippen LogP contribution is 2.45. The third-order valence-corrected chi connectivity index (χ3v) is 7.26. The van der Waals surface area contributed by atoms with E-state index in [0.717, 1.165) is 25.9 Å². The lowest BCUT2D eigenvalue weighted by atomic mass is 9.90. The second kappa shape index (κ2) is 6.12. The minimum absolute atomic E-state index is 0.693. The van der Waals surface area contributed by atoms with Crippen molar-refractivity contribution in [1.29, 1.82) is 0 Å². The van der Waals surface area contributed by atoms with E-state index < -0.39 is 0 Å². The van der Waals surface area contributed by atoms with E-state index in [1.54, 1.807) is 11.3 Å². The molecular formula is C25H29N3. The molecule has 1 N–H and O–H groups in total. The molecule has 0 spiro atoms. The summed E-state index contributed by atoms with van der Waals surface area (Å²) in [6.07, 6.45) is 13.1. The summed E-state index contributed by atoms with van der Waals surface area (Å²) < 4.78 is 4.88. The molecule has 0 radical (unpaired) electrons. The van der Waals surface area contributed by atoms with Gasteiger partial charge in [0.1, 0.15) is 0 Å². The molecule has 3 aliphatic rings. The zero-order chi connectivity index (χ0) is 18.8. The molecule has 4 heterocycles. The van der Waals surface area contributed by atoms with Crippen LogP contribution in [0, 0.1) is 6.92 Å². The van der Waals surface area contributed by atoms with Gasteiger partial charge in [0.05, 0.1) is 5.52 Å². The Bertz CT molecular complexity index is 1110. The highest BCUT2D eigenvalue weighted by Gasteiger charge is 2.37. The van der Waals surface area contributed by atoms with Gasteiger partial charge in [0.15, 0.2) is 0 Å². The molecule has 1 aromatic carbocycles. The number of allylic oxidation sites excluding steroid dienone is 2. The van der Waals surface area contributed by atoms with E-state index in [0.29, 0.717) is 12.0 Å². The van der Waals surface area contributed by atoms with Gasteiger partial charge in [-0.3, -0.25) is 0 Å². The zero-order valence-corrected chi connectivity index (χ0v) is 17.0. The fourth-order valence-corrected chi connectivity index (χ4v) is 6.12. The molecule has 0 saturated heterocycles. The molecule has 3 nitrogen and oxygen atoms in total. The van der Waals surface area contributed by atoms with Crippen LogP contribution in [0.4, 0.5) is 0 Å². The molecule has 1 aliphatic carbocycles. The van der Waals surface area contributed by atoms with Crippen molar-refractivity contribution in [2.45, 2.75) is 64.1 Å². The molecule has 28 heavy (non-hydrogen) atoms. The van der Waals surface area contributed by atoms with Gasteiger partial charge in [-0.2, -0.15) is 0 Å². The summed E-state index contributed by atoms with van der Waals surface area (Å²) in [5, 5.41) is 5.38. The molecule has 0 amide bonds. The first-order chi connectivity index (χ1) is 13.7. The first kappa shape index (κ1) is 16.7. The van der Waals surface area contributed by atoms with Crippen LogP contribution in [0.5, 0.6) is 0 Å². The summed E-state index contributed by atoms with van der Waals surface area (Å²) in [5.41, 5.74) is 10.5. The van der Waals surface area contributed by atoms with Gasteiger partial charge >= 0.3 is 0 Å². The Morgan fingerprint density at radius 1 is 1.18 bits per heavy atom. The maximum atomic E-state index is 3.87. The third-order valence-electron chi connectivity index (χ3n) is 7.26. The molecule has 144 valence electrons. The molecule has 2 atom stereocenters. The van der Waals surface area contributed by atoms with Gasteiger partial charge in [0.2, 0.25) is 0 Å². The number of nitrogens with zero attached hydrogens (tertiary/aromatic N) is 2. The zero-order valence-electron chi connectivity index (χ0n) is 17.0.